The van der Waals surface area contributed by atoms with Gasteiger partial charge >= 0.3 is 12.1 Å². The van der Waals surface area contributed by atoms with E-state index in [0.29, 0.717) is 29.7 Å². The number of ether oxygens (including phenoxy) is 4. The monoisotopic (exact) mass is 990 g/mol. The standard InChI is InChI=1S/C48H55BrN4O14/c1-45-16-15-31(55)17-29(45)9-12-32-33-18-37-48(36(57)22-54,46(33,2)19-35(56)41(32)45)67-43(66-37)27-5-7-28(8-6-27)47(24-64-25-47)53-44(63)65-23-26-3-10-30(11-4-26)51-42(62)34(13-14-40(60)61)52-39(59)21-50-38(58)20-49/h3-8,10-11,15-17,32-35,37,41,43,54,56H,9,12-14,18-25H2,1-2H3,(H,50,58)(H,51,62)(H,52,59)(H,53,63)(H,60,61)/t32-,33-,34-,35-,37+,41+,43+,45-,46-,48+/m0/s1. The van der Waals surface area contributed by atoms with Gasteiger partial charge in [-0.25, -0.2) is 4.79 Å². The number of rotatable bonds is 16. The number of carboxylic acids is 1. The van der Waals surface area contributed by atoms with E-state index in [2.05, 4.69) is 44.1 Å². The quantitative estimate of drug-likeness (QED) is 0.119. The van der Waals surface area contributed by atoms with E-state index in [1.54, 1.807) is 48.6 Å². The van der Waals surface area contributed by atoms with Gasteiger partial charge in [0.25, 0.3) is 0 Å². The molecule has 0 unspecified atom stereocenters. The number of alkyl halides is 1. The second-order valence-corrected chi connectivity index (χ2v) is 19.4. The average Bonchev–Trinajstić information content (AvgIpc) is 3.80. The van der Waals surface area contributed by atoms with E-state index in [9.17, 15) is 43.8 Å². The molecule has 0 aromatic heterocycles. The van der Waals surface area contributed by atoms with E-state index in [-0.39, 0.29) is 68.0 Å². The molecule has 3 saturated carbocycles. The Kier molecular flexibility index (Phi) is 13.7. The third kappa shape index (κ3) is 8.97. The molecule has 2 heterocycles. The number of allylic oxidation sites excluding steroid dienone is 4. The maximum absolute atomic E-state index is 14.0. The molecule has 2 aromatic rings. The van der Waals surface area contributed by atoms with Crippen LogP contribution in [0.25, 0.3) is 0 Å². The van der Waals surface area contributed by atoms with Crippen molar-refractivity contribution >= 4 is 63.0 Å². The molecule has 18 nitrogen and oxygen atoms in total. The van der Waals surface area contributed by atoms with Gasteiger partial charge in [0, 0.05) is 34.4 Å². The zero-order valence-corrected chi connectivity index (χ0v) is 38.7. The molecule has 2 aliphatic heterocycles. The van der Waals surface area contributed by atoms with Gasteiger partial charge in [0.05, 0.1) is 37.3 Å². The molecule has 2 aromatic carbocycles. The number of halogens is 1. The fourth-order valence-corrected chi connectivity index (χ4v) is 11.9. The van der Waals surface area contributed by atoms with Crippen molar-refractivity contribution in [2.45, 2.75) is 94.7 Å². The number of nitrogens with one attached hydrogen (secondary N) is 4. The maximum Gasteiger partial charge on any atom is 0.408 e. The van der Waals surface area contributed by atoms with Gasteiger partial charge in [-0.2, -0.15) is 0 Å². The van der Waals surface area contributed by atoms with E-state index in [4.69, 9.17) is 24.1 Å². The number of carbonyl (C=O) groups excluding carboxylic acids is 6. The lowest BCUT2D eigenvalue weighted by Gasteiger charge is -2.59. The number of aliphatic carboxylic acids is 1. The van der Waals surface area contributed by atoms with Crippen LogP contribution in [0.5, 0.6) is 0 Å². The number of anilines is 1. The first-order valence-corrected chi connectivity index (χ1v) is 23.5. The second-order valence-electron chi connectivity index (χ2n) is 18.9. The van der Waals surface area contributed by atoms with Crippen LogP contribution < -0.4 is 21.3 Å². The Labute approximate surface area is 394 Å². The lowest BCUT2D eigenvalue weighted by molar-refractivity contribution is -0.201. The number of hydrogen-bond acceptors (Lipinski definition) is 13. The summed E-state index contributed by atoms with van der Waals surface area (Å²) in [6.45, 7) is 3.17. The highest BCUT2D eigenvalue weighted by molar-refractivity contribution is 9.09. The molecule has 6 aliphatic rings. The van der Waals surface area contributed by atoms with Gasteiger partial charge in [-0.3, -0.25) is 28.8 Å². The highest BCUT2D eigenvalue weighted by Crippen LogP contribution is 2.70. The Morgan fingerprint density at radius 1 is 1.00 bits per heavy atom. The Bertz CT molecular complexity index is 2370. The minimum Gasteiger partial charge on any atom is -0.481 e. The van der Waals surface area contributed by atoms with Crippen LogP contribution in [0.3, 0.4) is 0 Å². The summed E-state index contributed by atoms with van der Waals surface area (Å²) in [6, 6.07) is 12.4. The molecule has 0 spiro atoms. The number of alkyl carbamates (subject to hydrolysis) is 1. The molecular weight excluding hydrogens is 936 g/mol. The zero-order valence-electron chi connectivity index (χ0n) is 37.1. The van der Waals surface area contributed by atoms with Crippen LogP contribution in [-0.2, 0) is 59.9 Å². The lowest BCUT2D eigenvalue weighted by Crippen LogP contribution is -2.63. The summed E-state index contributed by atoms with van der Waals surface area (Å²) in [5, 5.41) is 41.8. The van der Waals surface area contributed by atoms with Gasteiger partial charge in [-0.05, 0) is 79.4 Å². The van der Waals surface area contributed by atoms with Crippen molar-refractivity contribution in [3.05, 3.63) is 89.0 Å². The topological polar surface area (TPSA) is 265 Å². The number of fused-ring (bicyclic) bond motifs is 7. The summed E-state index contributed by atoms with van der Waals surface area (Å²) in [5.41, 5.74) is -0.421. The van der Waals surface area contributed by atoms with Crippen molar-refractivity contribution in [3.8, 4) is 0 Å². The van der Waals surface area contributed by atoms with Gasteiger partial charge in [-0.1, -0.05) is 77.8 Å². The van der Waals surface area contributed by atoms with E-state index in [0.717, 1.165) is 17.6 Å². The second kappa shape index (κ2) is 19.0. The number of ketones is 2. The van der Waals surface area contributed by atoms with Crippen LogP contribution in [-0.4, -0.2) is 112 Å². The van der Waals surface area contributed by atoms with Gasteiger partial charge in [0.15, 0.2) is 23.5 Å². The fraction of sp³-hybridized carbons (Fsp3) is 0.521. The van der Waals surface area contributed by atoms with Crippen LogP contribution >= 0.6 is 15.9 Å². The summed E-state index contributed by atoms with van der Waals surface area (Å²) in [6.07, 6.45) is 3.77. The van der Waals surface area contributed by atoms with Gasteiger partial charge < -0.3 is 55.5 Å². The molecule has 67 heavy (non-hydrogen) atoms. The van der Waals surface area contributed by atoms with Crippen LogP contribution in [0.4, 0.5) is 10.5 Å². The molecule has 7 N–H and O–H groups in total. The molecule has 0 radical (unpaired) electrons. The molecule has 2 saturated heterocycles. The van der Waals surface area contributed by atoms with Gasteiger partial charge in [0.2, 0.25) is 17.7 Å². The summed E-state index contributed by atoms with van der Waals surface area (Å²) >= 11 is 2.97. The minimum atomic E-state index is -1.50. The number of hydrogen-bond donors (Lipinski definition) is 7. The van der Waals surface area contributed by atoms with E-state index in [1.807, 2.05) is 25.1 Å². The lowest BCUT2D eigenvalue weighted by atomic mass is 9.46. The Hall–Kier alpha value is -5.31. The SMILES string of the molecule is C[C@]12C=CC(=O)C=C1CC[C@@H]1[C@@H]2[C@@H](O)C[C@@]2(C)[C@H]1C[C@H]1O[C@@H](c3ccc(C4(NC(=O)OCc5ccc(NC(=O)[C@H](CCC(=O)O)NC(=O)CNC(=O)CBr)cc5)COC4)cc3)O[C@]12C(=O)CO. The van der Waals surface area contributed by atoms with Crippen molar-refractivity contribution in [2.75, 3.05) is 37.0 Å². The molecule has 4 amide bonds. The van der Waals surface area contributed by atoms with Crippen molar-refractivity contribution in [3.63, 3.8) is 0 Å². The predicted molar refractivity (Wildman–Crippen MR) is 240 cm³/mol. The van der Waals surface area contributed by atoms with Crippen LogP contribution in [0, 0.1) is 28.6 Å². The van der Waals surface area contributed by atoms with Gasteiger partial charge in [-0.15, -0.1) is 0 Å². The first-order chi connectivity index (χ1) is 31.9. The number of Topliss-reactive ketones (excluding diaryl/α,β-unsaturated/α-hetero) is 1. The summed E-state index contributed by atoms with van der Waals surface area (Å²) < 4.78 is 24.5. The number of aliphatic hydroxyl groups excluding tert-OH is 2. The number of aliphatic hydroxyl groups is 2. The Balaban J connectivity index is 0.878. The van der Waals surface area contributed by atoms with Crippen LogP contribution in [0.2, 0.25) is 0 Å². The molecule has 4 aliphatic carbocycles. The van der Waals surface area contributed by atoms with Crippen LogP contribution in [0.15, 0.2) is 72.3 Å². The van der Waals surface area contributed by atoms with Crippen LogP contribution in [0.1, 0.15) is 75.4 Å². The highest BCUT2D eigenvalue weighted by atomic mass is 79.9. The summed E-state index contributed by atoms with van der Waals surface area (Å²) in [4.78, 5) is 87.5. The molecule has 19 heteroatoms. The molecule has 5 fully saturated rings. The van der Waals surface area contributed by atoms with E-state index >= 15 is 0 Å². The smallest absolute Gasteiger partial charge is 0.408 e. The predicted octanol–water partition coefficient (Wildman–Crippen LogP) is 3.24. The largest absolute Gasteiger partial charge is 0.481 e. The van der Waals surface area contributed by atoms with Crippen molar-refractivity contribution in [2.24, 2.45) is 28.6 Å². The number of amides is 4. The Morgan fingerprint density at radius 2 is 1.73 bits per heavy atom. The molecular formula is C48H55BrN4O14. The highest BCUT2D eigenvalue weighted by Gasteiger charge is 2.76. The Morgan fingerprint density at radius 3 is 2.39 bits per heavy atom. The number of carbonyl (C=O) groups is 7. The third-order valence-corrected chi connectivity index (χ3v) is 15.5. The average molecular weight is 992 g/mol. The fourth-order valence-electron chi connectivity index (χ4n) is 11.7. The molecule has 0 bridgehead atoms. The number of benzene rings is 2. The molecule has 10 atom stereocenters. The van der Waals surface area contributed by atoms with Gasteiger partial charge in [0.1, 0.15) is 24.8 Å². The molecule has 8 rings (SSSR count). The molecule has 358 valence electrons. The van der Waals surface area contributed by atoms with Crippen molar-refractivity contribution in [1.82, 2.24) is 16.0 Å². The maximum atomic E-state index is 14.0. The van der Waals surface area contributed by atoms with Crippen molar-refractivity contribution in [1.29, 1.82) is 0 Å². The van der Waals surface area contributed by atoms with Crippen molar-refractivity contribution < 1.29 is 67.8 Å². The number of carboxylic acid groups (broad SMARTS) is 1. The summed E-state index contributed by atoms with van der Waals surface area (Å²) in [7, 11) is 0. The third-order valence-electron chi connectivity index (χ3n) is 15.0. The zero-order chi connectivity index (χ0) is 47.9. The van der Waals surface area contributed by atoms with E-state index < -0.39 is 95.2 Å². The minimum absolute atomic E-state index is 0.0182. The first kappa shape index (κ1) is 48.2. The normalized spacial score (nSPS) is 31.3. The van der Waals surface area contributed by atoms with E-state index in [1.165, 1.54) is 0 Å². The first-order valence-electron chi connectivity index (χ1n) is 22.4. The summed E-state index contributed by atoms with van der Waals surface area (Å²) in [5.74, 6) is -3.62.